The first-order chi connectivity index (χ1) is 14.5. The van der Waals surface area contributed by atoms with Gasteiger partial charge in [0.15, 0.2) is 0 Å². The van der Waals surface area contributed by atoms with Crippen LogP contribution in [0.5, 0.6) is 0 Å². The average Bonchev–Trinajstić information content (AvgIpc) is 2.74. The second-order valence-electron chi connectivity index (χ2n) is 7.71. The molecule has 5 heteroatoms. The molecular weight excluding hydrogens is 381 g/mol. The van der Waals surface area contributed by atoms with E-state index in [1.165, 1.54) is 12.1 Å². The Morgan fingerprint density at radius 3 is 2.57 bits per heavy atom. The number of halogens is 1. The van der Waals surface area contributed by atoms with E-state index in [2.05, 4.69) is 5.32 Å². The summed E-state index contributed by atoms with van der Waals surface area (Å²) in [6.07, 6.45) is 3.74. The number of rotatable bonds is 5. The minimum absolute atomic E-state index is 0.0800. The van der Waals surface area contributed by atoms with Crippen LogP contribution in [0.25, 0.3) is 0 Å². The zero-order valence-corrected chi connectivity index (χ0v) is 16.9. The first-order valence-corrected chi connectivity index (χ1v) is 10.2. The Morgan fingerprint density at radius 2 is 1.83 bits per heavy atom. The van der Waals surface area contributed by atoms with Gasteiger partial charge >= 0.3 is 5.97 Å². The zero-order valence-electron chi connectivity index (χ0n) is 16.9. The summed E-state index contributed by atoms with van der Waals surface area (Å²) in [7, 11) is 0. The molecule has 0 bridgehead atoms. The van der Waals surface area contributed by atoms with Crippen molar-refractivity contribution in [2.24, 2.45) is 5.92 Å². The van der Waals surface area contributed by atoms with Gasteiger partial charge in [0.25, 0.3) is 0 Å². The molecule has 154 valence electrons. The molecule has 2 aromatic rings. The van der Waals surface area contributed by atoms with E-state index in [1.54, 1.807) is 12.1 Å². The molecule has 4 nitrogen and oxygen atoms in total. The van der Waals surface area contributed by atoms with Gasteiger partial charge in [-0.1, -0.05) is 48.5 Å². The Balaban J connectivity index is 1.63. The second-order valence-corrected chi connectivity index (χ2v) is 7.71. The predicted octanol–water partition coefficient (Wildman–Crippen LogP) is 4.44. The number of fused-ring (bicyclic) bond motifs is 1. The summed E-state index contributed by atoms with van der Waals surface area (Å²) < 4.78 is 19.1. The number of benzene rings is 2. The Hall–Kier alpha value is -3.21. The molecule has 2 aromatic carbocycles. The van der Waals surface area contributed by atoms with Crippen molar-refractivity contribution >= 4 is 11.8 Å². The number of nitrogens with one attached hydrogen (secondary N) is 1. The molecule has 2 unspecified atom stereocenters. The summed E-state index contributed by atoms with van der Waals surface area (Å²) in [6, 6.07) is 15.8. The van der Waals surface area contributed by atoms with Gasteiger partial charge in [-0.25, -0.2) is 9.18 Å². The lowest BCUT2D eigenvalue weighted by molar-refractivity contribution is -0.139. The molecule has 0 aromatic heterocycles. The molecule has 2 atom stereocenters. The van der Waals surface area contributed by atoms with Gasteiger partial charge in [-0.05, 0) is 36.6 Å². The molecule has 1 N–H and O–H groups in total. The van der Waals surface area contributed by atoms with Crippen molar-refractivity contribution in [3.05, 3.63) is 94.6 Å². The third-order valence-corrected chi connectivity index (χ3v) is 5.73. The number of carbonyl (C=O) groups excluding carboxylic acids is 2. The summed E-state index contributed by atoms with van der Waals surface area (Å²) in [4.78, 5) is 25.9. The number of allylic oxidation sites excluding steroid dienone is 3. The highest BCUT2D eigenvalue weighted by Gasteiger charge is 2.43. The Bertz CT molecular complexity index is 1010. The quantitative estimate of drug-likeness (QED) is 0.748. The van der Waals surface area contributed by atoms with Crippen molar-refractivity contribution in [2.45, 2.75) is 32.1 Å². The van der Waals surface area contributed by atoms with E-state index < -0.39 is 17.8 Å². The first-order valence-electron chi connectivity index (χ1n) is 10.2. The van der Waals surface area contributed by atoms with Gasteiger partial charge in [0, 0.05) is 30.2 Å². The summed E-state index contributed by atoms with van der Waals surface area (Å²) in [5, 5.41) is 3.24. The van der Waals surface area contributed by atoms with Crippen LogP contribution in [0, 0.1) is 11.7 Å². The number of hydrogen-bond donors (Lipinski definition) is 1. The molecule has 1 heterocycles. The number of esters is 1. The minimum atomic E-state index is -0.491. The summed E-state index contributed by atoms with van der Waals surface area (Å²) in [6.45, 7) is 2.07. The van der Waals surface area contributed by atoms with Crippen LogP contribution in [-0.4, -0.2) is 18.4 Å². The van der Waals surface area contributed by atoms with Crippen LogP contribution >= 0.6 is 0 Å². The fourth-order valence-corrected chi connectivity index (χ4v) is 4.30. The molecule has 0 radical (unpaired) electrons. The maximum absolute atomic E-state index is 13.5. The Kier molecular flexibility index (Phi) is 5.79. The fraction of sp³-hybridized carbons (Fsp3) is 0.280. The largest absolute Gasteiger partial charge is 0.462 e. The SMILES string of the molecule is CC1=C(C(=O)OCCc2ccccc2)C(c2ccc(F)cc2)C2C(=O)CCC=C2N1. The molecule has 4 rings (SSSR count). The van der Waals surface area contributed by atoms with Gasteiger partial charge in [-0.15, -0.1) is 0 Å². The van der Waals surface area contributed by atoms with E-state index in [4.69, 9.17) is 4.74 Å². The van der Waals surface area contributed by atoms with E-state index in [-0.39, 0.29) is 18.2 Å². The molecule has 1 aliphatic heterocycles. The van der Waals surface area contributed by atoms with E-state index in [0.29, 0.717) is 30.5 Å². The van der Waals surface area contributed by atoms with Crippen molar-refractivity contribution < 1.29 is 18.7 Å². The first kappa shape index (κ1) is 20.1. The molecule has 0 spiro atoms. The van der Waals surface area contributed by atoms with E-state index >= 15 is 0 Å². The third-order valence-electron chi connectivity index (χ3n) is 5.73. The van der Waals surface area contributed by atoms with Crippen molar-refractivity contribution in [2.75, 3.05) is 6.61 Å². The van der Waals surface area contributed by atoms with Crippen molar-refractivity contribution in [1.29, 1.82) is 0 Å². The summed E-state index contributed by atoms with van der Waals surface area (Å²) >= 11 is 0. The topological polar surface area (TPSA) is 55.4 Å². The number of ketones is 1. The van der Waals surface area contributed by atoms with Gasteiger partial charge in [0.1, 0.15) is 11.6 Å². The molecule has 0 fully saturated rings. The standard InChI is InChI=1S/C25H24FNO3/c1-16-22(25(29)30-15-14-17-6-3-2-4-7-17)23(18-10-12-19(26)13-11-18)24-20(27-16)8-5-9-21(24)28/h2-4,6-8,10-13,23-24,27H,5,9,14-15H2,1H3. The molecule has 30 heavy (non-hydrogen) atoms. The highest BCUT2D eigenvalue weighted by atomic mass is 19.1. The molecule has 2 aliphatic rings. The fourth-order valence-electron chi connectivity index (χ4n) is 4.30. The smallest absolute Gasteiger partial charge is 0.336 e. The van der Waals surface area contributed by atoms with Gasteiger partial charge in [0.2, 0.25) is 0 Å². The minimum Gasteiger partial charge on any atom is -0.462 e. The monoisotopic (exact) mass is 405 g/mol. The van der Waals surface area contributed by atoms with Gasteiger partial charge in [-0.2, -0.15) is 0 Å². The van der Waals surface area contributed by atoms with Crippen LogP contribution in [0.15, 0.2) is 77.6 Å². The second kappa shape index (κ2) is 8.66. The molecule has 1 aliphatic carbocycles. The van der Waals surface area contributed by atoms with Gasteiger partial charge in [-0.3, -0.25) is 4.79 Å². The number of hydrogen-bond acceptors (Lipinski definition) is 4. The zero-order chi connectivity index (χ0) is 21.1. The summed E-state index contributed by atoms with van der Waals surface area (Å²) in [5.41, 5.74) is 3.75. The number of ether oxygens (including phenoxy) is 1. The summed E-state index contributed by atoms with van der Waals surface area (Å²) in [5.74, 6) is -1.69. The average molecular weight is 405 g/mol. The highest BCUT2D eigenvalue weighted by molar-refractivity contribution is 5.96. The van der Waals surface area contributed by atoms with Crippen molar-refractivity contribution in [3.8, 4) is 0 Å². The van der Waals surface area contributed by atoms with E-state index in [9.17, 15) is 14.0 Å². The highest BCUT2D eigenvalue weighted by Crippen LogP contribution is 2.43. The lowest BCUT2D eigenvalue weighted by Gasteiger charge is -2.38. The lowest BCUT2D eigenvalue weighted by Crippen LogP contribution is -2.40. The van der Waals surface area contributed by atoms with Crippen LogP contribution in [0.3, 0.4) is 0 Å². The third kappa shape index (κ3) is 4.06. The molecule has 0 saturated heterocycles. The van der Waals surface area contributed by atoms with Gasteiger partial charge in [0.05, 0.1) is 18.1 Å². The predicted molar refractivity (Wildman–Crippen MR) is 112 cm³/mol. The molecular formula is C25H24FNO3. The van der Waals surface area contributed by atoms with Crippen LogP contribution < -0.4 is 5.32 Å². The Labute approximate surface area is 175 Å². The van der Waals surface area contributed by atoms with Crippen LogP contribution in [-0.2, 0) is 20.7 Å². The van der Waals surface area contributed by atoms with Crippen molar-refractivity contribution in [1.82, 2.24) is 5.32 Å². The van der Waals surface area contributed by atoms with Crippen LogP contribution in [0.1, 0.15) is 36.8 Å². The van der Waals surface area contributed by atoms with E-state index in [1.807, 2.05) is 43.3 Å². The molecule has 0 saturated carbocycles. The van der Waals surface area contributed by atoms with Gasteiger partial charge < -0.3 is 10.1 Å². The maximum Gasteiger partial charge on any atom is 0.336 e. The van der Waals surface area contributed by atoms with E-state index in [0.717, 1.165) is 16.8 Å². The molecule has 0 amide bonds. The Morgan fingerprint density at radius 1 is 1.10 bits per heavy atom. The van der Waals surface area contributed by atoms with Crippen LogP contribution in [0.2, 0.25) is 0 Å². The number of carbonyl (C=O) groups is 2. The maximum atomic E-state index is 13.5. The normalized spacial score (nSPS) is 20.9. The van der Waals surface area contributed by atoms with Crippen LogP contribution in [0.4, 0.5) is 4.39 Å². The van der Waals surface area contributed by atoms with Crippen molar-refractivity contribution in [3.63, 3.8) is 0 Å². The number of Topliss-reactive ketones (excluding diaryl/α,β-unsaturated/α-hetero) is 1. The lowest BCUT2D eigenvalue weighted by atomic mass is 9.71.